The molecule has 0 unspecified atom stereocenters. The van der Waals surface area contributed by atoms with Gasteiger partial charge >= 0.3 is 11.8 Å². The van der Waals surface area contributed by atoms with Gasteiger partial charge in [0.2, 0.25) is 0 Å². The number of hydrogen-bond acceptors (Lipinski definition) is 3. The highest BCUT2D eigenvalue weighted by Gasteiger charge is 2.13. The molecule has 0 radical (unpaired) electrons. The maximum Gasteiger partial charge on any atom is 0.309 e. The topological polar surface area (TPSA) is 61.4 Å². The van der Waals surface area contributed by atoms with Crippen LogP contribution in [0, 0.1) is 5.92 Å². The second-order valence-electron chi connectivity index (χ2n) is 6.47. The predicted molar refractivity (Wildman–Crippen MR) is 92.5 cm³/mol. The van der Waals surface area contributed by atoms with Crippen molar-refractivity contribution in [3.63, 3.8) is 0 Å². The smallest absolute Gasteiger partial charge is 0.309 e. The first-order chi connectivity index (χ1) is 11.1. The number of carbonyl (C=O) groups is 2. The van der Waals surface area contributed by atoms with Gasteiger partial charge in [0.1, 0.15) is 0 Å². The van der Waals surface area contributed by atoms with Gasteiger partial charge in [0.25, 0.3) is 0 Å². The summed E-state index contributed by atoms with van der Waals surface area (Å²) in [4.78, 5) is 25.6. The molecule has 23 heavy (non-hydrogen) atoms. The van der Waals surface area contributed by atoms with Gasteiger partial charge in [-0.15, -0.1) is 0 Å². The van der Waals surface area contributed by atoms with Gasteiger partial charge in [-0.3, -0.25) is 9.59 Å². The minimum Gasteiger partial charge on any atom is -0.372 e. The molecule has 0 aromatic heterocycles. The summed E-state index contributed by atoms with van der Waals surface area (Å²) in [5.41, 5.74) is 2.43. The highest BCUT2D eigenvalue weighted by molar-refractivity contribution is 6.35. The fourth-order valence-electron chi connectivity index (χ4n) is 2.63. The monoisotopic (exact) mass is 317 g/mol. The standard InChI is InChI=1S/C18H27N3O2/c1-14(2)13-20-18(23)17(22)19-10-9-15-5-7-16(8-6-15)21-11-3-4-12-21/h5-8,14H,3-4,9-13H2,1-2H3,(H,19,22)(H,20,23). The van der Waals surface area contributed by atoms with E-state index in [0.717, 1.165) is 25.1 Å². The van der Waals surface area contributed by atoms with Crippen LogP contribution in [0.15, 0.2) is 24.3 Å². The molecule has 1 fully saturated rings. The van der Waals surface area contributed by atoms with Crippen molar-refractivity contribution in [3.05, 3.63) is 29.8 Å². The van der Waals surface area contributed by atoms with Gasteiger partial charge in [-0.25, -0.2) is 0 Å². The molecule has 0 atom stereocenters. The van der Waals surface area contributed by atoms with E-state index in [9.17, 15) is 9.59 Å². The molecule has 1 aliphatic heterocycles. The molecule has 2 amide bonds. The third kappa shape index (κ3) is 5.58. The summed E-state index contributed by atoms with van der Waals surface area (Å²) in [5, 5.41) is 5.28. The summed E-state index contributed by atoms with van der Waals surface area (Å²) >= 11 is 0. The number of hydrogen-bond donors (Lipinski definition) is 2. The van der Waals surface area contributed by atoms with Crippen molar-refractivity contribution in [2.75, 3.05) is 31.1 Å². The van der Waals surface area contributed by atoms with Crippen LogP contribution in [0.1, 0.15) is 32.3 Å². The predicted octanol–water partition coefficient (Wildman–Crippen LogP) is 1.72. The van der Waals surface area contributed by atoms with E-state index in [1.165, 1.54) is 18.5 Å². The van der Waals surface area contributed by atoms with Gasteiger partial charge in [-0.2, -0.15) is 0 Å². The van der Waals surface area contributed by atoms with Crippen molar-refractivity contribution >= 4 is 17.5 Å². The molecule has 0 spiro atoms. The lowest BCUT2D eigenvalue weighted by atomic mass is 10.1. The van der Waals surface area contributed by atoms with Crippen molar-refractivity contribution in [3.8, 4) is 0 Å². The van der Waals surface area contributed by atoms with Crippen LogP contribution in [-0.2, 0) is 16.0 Å². The van der Waals surface area contributed by atoms with Crippen molar-refractivity contribution in [1.29, 1.82) is 0 Å². The Hall–Kier alpha value is -2.04. The summed E-state index contributed by atoms with van der Waals surface area (Å²) in [6.07, 6.45) is 3.27. The van der Waals surface area contributed by atoms with Crippen LogP contribution in [0.5, 0.6) is 0 Å². The molecule has 1 aliphatic rings. The molecule has 0 aliphatic carbocycles. The van der Waals surface area contributed by atoms with E-state index >= 15 is 0 Å². The summed E-state index contributed by atoms with van der Waals surface area (Å²) < 4.78 is 0. The third-order valence-electron chi connectivity index (χ3n) is 3.98. The van der Waals surface area contributed by atoms with Gasteiger partial charge < -0.3 is 15.5 Å². The van der Waals surface area contributed by atoms with Crippen LogP contribution in [0.4, 0.5) is 5.69 Å². The molecule has 0 saturated carbocycles. The quantitative estimate of drug-likeness (QED) is 0.785. The Morgan fingerprint density at radius 1 is 1.04 bits per heavy atom. The van der Waals surface area contributed by atoms with Gasteiger partial charge in [0, 0.05) is 31.9 Å². The Labute approximate surface area is 138 Å². The highest BCUT2D eigenvalue weighted by Crippen LogP contribution is 2.20. The molecule has 0 bridgehead atoms. The molecule has 1 aromatic carbocycles. The first kappa shape index (κ1) is 17.3. The third-order valence-corrected chi connectivity index (χ3v) is 3.98. The van der Waals surface area contributed by atoms with E-state index in [-0.39, 0.29) is 0 Å². The summed E-state index contributed by atoms with van der Waals surface area (Å²) in [7, 11) is 0. The normalized spacial score (nSPS) is 14.1. The largest absolute Gasteiger partial charge is 0.372 e. The number of benzene rings is 1. The van der Waals surface area contributed by atoms with Gasteiger partial charge in [-0.1, -0.05) is 26.0 Å². The van der Waals surface area contributed by atoms with Crippen LogP contribution in [0.2, 0.25) is 0 Å². The zero-order valence-electron chi connectivity index (χ0n) is 14.1. The highest BCUT2D eigenvalue weighted by atomic mass is 16.2. The fourth-order valence-corrected chi connectivity index (χ4v) is 2.63. The van der Waals surface area contributed by atoms with E-state index in [1.807, 2.05) is 13.8 Å². The van der Waals surface area contributed by atoms with E-state index in [0.29, 0.717) is 19.0 Å². The van der Waals surface area contributed by atoms with Gasteiger partial charge in [-0.05, 0) is 42.9 Å². The van der Waals surface area contributed by atoms with Gasteiger partial charge in [0.15, 0.2) is 0 Å². The molecular weight excluding hydrogens is 290 g/mol. The van der Waals surface area contributed by atoms with E-state index in [2.05, 4.69) is 39.8 Å². The zero-order chi connectivity index (χ0) is 16.7. The van der Waals surface area contributed by atoms with E-state index in [4.69, 9.17) is 0 Å². The number of anilines is 1. The summed E-state index contributed by atoms with van der Waals surface area (Å²) in [6, 6.07) is 8.47. The van der Waals surface area contributed by atoms with Crippen LogP contribution >= 0.6 is 0 Å². The average Bonchev–Trinajstić information content (AvgIpc) is 3.07. The molecule has 1 aromatic rings. The second-order valence-corrected chi connectivity index (χ2v) is 6.47. The van der Waals surface area contributed by atoms with Crippen molar-refractivity contribution < 1.29 is 9.59 Å². The first-order valence-corrected chi connectivity index (χ1v) is 8.46. The van der Waals surface area contributed by atoms with Crippen LogP contribution in [-0.4, -0.2) is 38.0 Å². The molecule has 2 rings (SSSR count). The zero-order valence-corrected chi connectivity index (χ0v) is 14.1. The van der Waals surface area contributed by atoms with Gasteiger partial charge in [0.05, 0.1) is 0 Å². The maximum atomic E-state index is 11.6. The Bertz CT molecular complexity index is 520. The van der Waals surface area contributed by atoms with E-state index < -0.39 is 11.8 Å². The molecule has 2 N–H and O–H groups in total. The first-order valence-electron chi connectivity index (χ1n) is 8.46. The van der Waals surface area contributed by atoms with Crippen LogP contribution < -0.4 is 15.5 Å². The summed E-state index contributed by atoms with van der Waals surface area (Å²) in [5.74, 6) is -0.775. The lowest BCUT2D eigenvalue weighted by Crippen LogP contribution is -2.41. The second kappa shape index (κ2) is 8.56. The number of nitrogens with one attached hydrogen (secondary N) is 2. The average molecular weight is 317 g/mol. The number of nitrogens with zero attached hydrogens (tertiary/aromatic N) is 1. The Balaban J connectivity index is 1.71. The van der Waals surface area contributed by atoms with Crippen molar-refractivity contribution in [1.82, 2.24) is 10.6 Å². The minimum atomic E-state index is -0.556. The molecule has 5 heteroatoms. The minimum absolute atomic E-state index is 0.334. The van der Waals surface area contributed by atoms with Crippen LogP contribution in [0.3, 0.4) is 0 Å². The molecule has 126 valence electrons. The van der Waals surface area contributed by atoms with Crippen molar-refractivity contribution in [2.45, 2.75) is 33.1 Å². The SMILES string of the molecule is CC(C)CNC(=O)C(=O)NCCc1ccc(N2CCCC2)cc1. The molecular formula is C18H27N3O2. The molecule has 1 heterocycles. The lowest BCUT2D eigenvalue weighted by Gasteiger charge is -2.17. The lowest BCUT2D eigenvalue weighted by molar-refractivity contribution is -0.139. The van der Waals surface area contributed by atoms with E-state index in [1.54, 1.807) is 0 Å². The number of amides is 2. The summed E-state index contributed by atoms with van der Waals surface area (Å²) in [6.45, 7) is 7.25. The fraction of sp³-hybridized carbons (Fsp3) is 0.556. The Morgan fingerprint density at radius 3 is 2.26 bits per heavy atom. The van der Waals surface area contributed by atoms with Crippen LogP contribution in [0.25, 0.3) is 0 Å². The Morgan fingerprint density at radius 2 is 1.65 bits per heavy atom. The molecule has 5 nitrogen and oxygen atoms in total. The maximum absolute atomic E-state index is 11.6. The molecule has 1 saturated heterocycles. The number of rotatable bonds is 6. The Kier molecular flexibility index (Phi) is 6.44. The van der Waals surface area contributed by atoms with Crippen molar-refractivity contribution in [2.24, 2.45) is 5.92 Å². The number of carbonyl (C=O) groups excluding carboxylic acids is 2.